The lowest BCUT2D eigenvalue weighted by atomic mass is 10.1. The van der Waals surface area contributed by atoms with E-state index >= 15 is 0 Å². The van der Waals surface area contributed by atoms with E-state index in [1.165, 1.54) is 23.5 Å². The molecule has 30 heavy (non-hydrogen) atoms. The Balaban J connectivity index is 1.40. The summed E-state index contributed by atoms with van der Waals surface area (Å²) in [5, 5.41) is 8.19. The molecule has 0 radical (unpaired) electrons. The highest BCUT2D eigenvalue weighted by Gasteiger charge is 2.17. The van der Waals surface area contributed by atoms with Crippen LogP contribution in [0.3, 0.4) is 0 Å². The van der Waals surface area contributed by atoms with Gasteiger partial charge >= 0.3 is 0 Å². The van der Waals surface area contributed by atoms with Gasteiger partial charge in [0.2, 0.25) is 0 Å². The Kier molecular flexibility index (Phi) is 5.94. The van der Waals surface area contributed by atoms with Crippen LogP contribution >= 0.6 is 11.3 Å². The molecule has 3 heterocycles. The highest BCUT2D eigenvalue weighted by atomic mass is 32.1. The summed E-state index contributed by atoms with van der Waals surface area (Å²) >= 11 is 1.33. The predicted molar refractivity (Wildman–Crippen MR) is 114 cm³/mol. The summed E-state index contributed by atoms with van der Waals surface area (Å²) in [7, 11) is 0. The Morgan fingerprint density at radius 2 is 2.00 bits per heavy atom. The maximum atomic E-state index is 13.0. The van der Waals surface area contributed by atoms with Crippen molar-refractivity contribution in [3.63, 3.8) is 0 Å². The van der Waals surface area contributed by atoms with E-state index in [2.05, 4.69) is 20.4 Å². The number of benzene rings is 1. The minimum Gasteiger partial charge on any atom is -0.347 e. The highest BCUT2D eigenvalue weighted by Crippen LogP contribution is 2.26. The number of aryl methyl sites for hydroxylation is 3. The molecule has 0 aliphatic heterocycles. The van der Waals surface area contributed by atoms with Crippen LogP contribution in [0, 0.1) is 12.7 Å². The number of hydrogen-bond donors (Lipinski definition) is 1. The van der Waals surface area contributed by atoms with E-state index in [9.17, 15) is 9.18 Å². The third kappa shape index (κ3) is 4.77. The molecule has 4 aromatic rings. The van der Waals surface area contributed by atoms with Crippen LogP contribution in [0.5, 0.6) is 0 Å². The minimum absolute atomic E-state index is 0.157. The number of nitrogens with one attached hydrogen (secondary N) is 1. The number of rotatable bonds is 7. The topological polar surface area (TPSA) is 72.7 Å². The standard InChI is InChI=1S/C22H20FN5OS/c1-15-20(21(29)25-14-17-3-2-10-24-13-17)30-22(26-15)19-9-12-28(27-19)11-8-16-4-6-18(23)7-5-16/h2-7,9-10,12-13H,8,11,14H2,1H3,(H,25,29). The zero-order valence-corrected chi connectivity index (χ0v) is 17.2. The largest absolute Gasteiger partial charge is 0.347 e. The van der Waals surface area contributed by atoms with Gasteiger partial charge in [-0.05, 0) is 48.7 Å². The second-order valence-electron chi connectivity index (χ2n) is 6.82. The van der Waals surface area contributed by atoms with Gasteiger partial charge in [0.25, 0.3) is 5.91 Å². The second kappa shape index (κ2) is 8.96. The van der Waals surface area contributed by atoms with Crippen LogP contribution in [-0.2, 0) is 19.5 Å². The summed E-state index contributed by atoms with van der Waals surface area (Å²) in [6.07, 6.45) is 6.06. The van der Waals surface area contributed by atoms with Crippen LogP contribution in [0.2, 0.25) is 0 Å². The lowest BCUT2D eigenvalue weighted by Crippen LogP contribution is -2.22. The molecule has 1 aromatic carbocycles. The van der Waals surface area contributed by atoms with Crippen molar-refractivity contribution in [1.29, 1.82) is 0 Å². The van der Waals surface area contributed by atoms with Gasteiger partial charge < -0.3 is 5.32 Å². The SMILES string of the molecule is Cc1nc(-c2ccn(CCc3ccc(F)cc3)n2)sc1C(=O)NCc1cccnc1. The fourth-order valence-electron chi connectivity index (χ4n) is 2.98. The highest BCUT2D eigenvalue weighted by molar-refractivity contribution is 7.17. The number of aromatic nitrogens is 4. The molecule has 0 atom stereocenters. The van der Waals surface area contributed by atoms with E-state index in [4.69, 9.17) is 0 Å². The Hall–Kier alpha value is -3.39. The molecule has 4 rings (SSSR count). The number of halogens is 1. The van der Waals surface area contributed by atoms with Gasteiger partial charge in [-0.15, -0.1) is 11.3 Å². The first kappa shape index (κ1) is 19.9. The van der Waals surface area contributed by atoms with E-state index < -0.39 is 0 Å². The van der Waals surface area contributed by atoms with Crippen molar-refractivity contribution in [3.05, 3.63) is 88.6 Å². The van der Waals surface area contributed by atoms with Crippen molar-refractivity contribution in [2.45, 2.75) is 26.4 Å². The quantitative estimate of drug-likeness (QED) is 0.489. The van der Waals surface area contributed by atoms with Crippen LogP contribution in [0.4, 0.5) is 4.39 Å². The normalized spacial score (nSPS) is 10.9. The smallest absolute Gasteiger partial charge is 0.263 e. The Morgan fingerprint density at radius 1 is 1.17 bits per heavy atom. The first-order valence-electron chi connectivity index (χ1n) is 9.51. The molecule has 0 bridgehead atoms. The molecule has 0 unspecified atom stereocenters. The van der Waals surface area contributed by atoms with Crippen molar-refractivity contribution >= 4 is 17.2 Å². The van der Waals surface area contributed by atoms with Gasteiger partial charge in [0.1, 0.15) is 21.4 Å². The van der Waals surface area contributed by atoms with Crippen LogP contribution in [0.15, 0.2) is 61.1 Å². The third-order valence-electron chi connectivity index (χ3n) is 4.58. The van der Waals surface area contributed by atoms with E-state index in [1.54, 1.807) is 24.5 Å². The van der Waals surface area contributed by atoms with Gasteiger partial charge in [-0.1, -0.05) is 18.2 Å². The number of carbonyl (C=O) groups excluding carboxylic acids is 1. The third-order valence-corrected chi connectivity index (χ3v) is 5.76. The lowest BCUT2D eigenvalue weighted by molar-refractivity contribution is 0.0954. The van der Waals surface area contributed by atoms with Gasteiger partial charge in [0.15, 0.2) is 0 Å². The lowest BCUT2D eigenvalue weighted by Gasteiger charge is -2.03. The summed E-state index contributed by atoms with van der Waals surface area (Å²) in [5.41, 5.74) is 3.40. The molecule has 6 nitrogen and oxygen atoms in total. The molecule has 3 aromatic heterocycles. The van der Waals surface area contributed by atoms with Gasteiger partial charge in [-0.2, -0.15) is 5.10 Å². The van der Waals surface area contributed by atoms with Crippen molar-refractivity contribution in [1.82, 2.24) is 25.1 Å². The number of hydrogen-bond acceptors (Lipinski definition) is 5. The number of amides is 1. The maximum absolute atomic E-state index is 13.0. The van der Waals surface area contributed by atoms with E-state index in [-0.39, 0.29) is 11.7 Å². The average molecular weight is 422 g/mol. The van der Waals surface area contributed by atoms with E-state index in [0.29, 0.717) is 28.7 Å². The van der Waals surface area contributed by atoms with Gasteiger partial charge in [-0.3, -0.25) is 14.5 Å². The Labute approximate surface area is 177 Å². The fourth-order valence-corrected chi connectivity index (χ4v) is 3.92. The van der Waals surface area contributed by atoms with Crippen LogP contribution in [-0.4, -0.2) is 25.7 Å². The van der Waals surface area contributed by atoms with Gasteiger partial charge in [-0.25, -0.2) is 9.37 Å². The molecule has 1 N–H and O–H groups in total. The van der Waals surface area contributed by atoms with E-state index in [1.807, 2.05) is 36.0 Å². The van der Waals surface area contributed by atoms with E-state index in [0.717, 1.165) is 23.2 Å². The molecule has 0 spiro atoms. The maximum Gasteiger partial charge on any atom is 0.263 e. The molecule has 0 aliphatic rings. The van der Waals surface area contributed by atoms with Crippen LogP contribution in [0.25, 0.3) is 10.7 Å². The predicted octanol–water partition coefficient (Wildman–Crippen LogP) is 4.02. The van der Waals surface area contributed by atoms with Crippen molar-refractivity contribution in [2.75, 3.05) is 0 Å². The number of thiazole rings is 1. The average Bonchev–Trinajstić information content (AvgIpc) is 3.39. The zero-order valence-electron chi connectivity index (χ0n) is 16.4. The number of carbonyl (C=O) groups is 1. The molecule has 0 aliphatic carbocycles. The molecule has 0 fully saturated rings. The summed E-state index contributed by atoms with van der Waals surface area (Å²) in [5.74, 6) is -0.393. The summed E-state index contributed by atoms with van der Waals surface area (Å²) in [6, 6.07) is 12.1. The molecular formula is C22H20FN5OS. The molecule has 8 heteroatoms. The molecule has 1 amide bonds. The van der Waals surface area contributed by atoms with Crippen molar-refractivity contribution in [2.24, 2.45) is 0 Å². The molecule has 0 saturated heterocycles. The van der Waals surface area contributed by atoms with Crippen LogP contribution in [0.1, 0.15) is 26.5 Å². The summed E-state index contributed by atoms with van der Waals surface area (Å²) in [4.78, 5) is 21.7. The molecule has 152 valence electrons. The Morgan fingerprint density at radius 3 is 2.77 bits per heavy atom. The molecule has 0 saturated carbocycles. The van der Waals surface area contributed by atoms with Crippen molar-refractivity contribution in [3.8, 4) is 10.7 Å². The minimum atomic E-state index is -0.237. The van der Waals surface area contributed by atoms with Gasteiger partial charge in [0, 0.05) is 31.7 Å². The summed E-state index contributed by atoms with van der Waals surface area (Å²) < 4.78 is 14.8. The van der Waals surface area contributed by atoms with Crippen molar-refractivity contribution < 1.29 is 9.18 Å². The van der Waals surface area contributed by atoms with Gasteiger partial charge in [0.05, 0.1) is 5.69 Å². The number of pyridine rings is 1. The second-order valence-corrected chi connectivity index (χ2v) is 7.82. The Bertz CT molecular complexity index is 1140. The first-order chi connectivity index (χ1) is 14.6. The fraction of sp³-hybridized carbons (Fsp3) is 0.182. The molecular weight excluding hydrogens is 401 g/mol. The monoisotopic (exact) mass is 421 g/mol. The summed E-state index contributed by atoms with van der Waals surface area (Å²) in [6.45, 7) is 2.91. The number of nitrogens with zero attached hydrogens (tertiary/aromatic N) is 4. The first-order valence-corrected chi connectivity index (χ1v) is 10.3. The zero-order chi connectivity index (χ0) is 20.9. The van der Waals surface area contributed by atoms with Crippen LogP contribution < -0.4 is 5.32 Å².